The van der Waals surface area contributed by atoms with Crippen LogP contribution in [0.1, 0.15) is 19.8 Å². The third kappa shape index (κ3) is 1.99. The zero-order chi connectivity index (χ0) is 14.3. The predicted octanol–water partition coefficient (Wildman–Crippen LogP) is 0.453. The minimum atomic E-state index is -0.238. The maximum Gasteiger partial charge on any atom is 0.222 e. The lowest BCUT2D eigenvalue weighted by molar-refractivity contribution is -0.122. The van der Waals surface area contributed by atoms with E-state index in [1.54, 1.807) is 17.2 Å². The Morgan fingerprint density at radius 2 is 2.20 bits per heavy atom. The van der Waals surface area contributed by atoms with Crippen molar-refractivity contribution in [1.82, 2.24) is 19.7 Å². The molecule has 2 aromatic rings. The van der Waals surface area contributed by atoms with Gasteiger partial charge in [0, 0.05) is 19.6 Å². The molecule has 1 aliphatic rings. The van der Waals surface area contributed by atoms with E-state index in [0.29, 0.717) is 12.6 Å². The molecule has 7 heteroatoms. The normalized spacial score (nSPS) is 23.2. The molecule has 0 saturated carbocycles. The molecule has 1 saturated heterocycles. The van der Waals surface area contributed by atoms with Crippen molar-refractivity contribution in [3.05, 3.63) is 12.5 Å². The third-order valence-corrected chi connectivity index (χ3v) is 4.06. The van der Waals surface area contributed by atoms with Crippen LogP contribution < -0.4 is 10.6 Å². The smallest absolute Gasteiger partial charge is 0.222 e. The number of aromatic nitrogens is 4. The minimum absolute atomic E-state index is 0.118. The molecule has 0 spiro atoms. The van der Waals surface area contributed by atoms with Crippen LogP contribution in [-0.4, -0.2) is 38.2 Å². The number of anilines is 1. The molecule has 0 bridgehead atoms. The Kier molecular flexibility index (Phi) is 3.04. The Morgan fingerprint density at radius 1 is 1.40 bits per heavy atom. The molecule has 1 fully saturated rings. The van der Waals surface area contributed by atoms with Crippen LogP contribution in [0.4, 0.5) is 5.82 Å². The summed E-state index contributed by atoms with van der Waals surface area (Å²) in [6, 6.07) is 0.323. The van der Waals surface area contributed by atoms with Crippen molar-refractivity contribution < 1.29 is 4.79 Å². The van der Waals surface area contributed by atoms with Crippen LogP contribution in [0.5, 0.6) is 0 Å². The number of carbonyl (C=O) groups is 1. The number of carbonyl (C=O) groups excluding carboxylic acids is 1. The van der Waals surface area contributed by atoms with E-state index in [1.165, 1.54) is 0 Å². The third-order valence-electron chi connectivity index (χ3n) is 4.06. The van der Waals surface area contributed by atoms with Gasteiger partial charge < -0.3 is 10.6 Å². The second kappa shape index (κ2) is 4.73. The van der Waals surface area contributed by atoms with Crippen molar-refractivity contribution in [3.8, 4) is 0 Å². The summed E-state index contributed by atoms with van der Waals surface area (Å²) in [5, 5.41) is 5.14. The summed E-state index contributed by atoms with van der Waals surface area (Å²) in [6.45, 7) is 2.75. The second-order valence-electron chi connectivity index (χ2n) is 5.38. The van der Waals surface area contributed by atoms with Gasteiger partial charge in [-0.1, -0.05) is 0 Å². The molecule has 106 valence electrons. The van der Waals surface area contributed by atoms with Crippen LogP contribution in [0.3, 0.4) is 0 Å². The van der Waals surface area contributed by atoms with Crippen molar-refractivity contribution in [2.45, 2.75) is 25.8 Å². The molecule has 7 nitrogen and oxygen atoms in total. The lowest BCUT2D eigenvalue weighted by Gasteiger charge is -2.37. The molecule has 2 aromatic heterocycles. The van der Waals surface area contributed by atoms with Gasteiger partial charge in [0.15, 0.2) is 5.65 Å². The Hall–Kier alpha value is -2.18. The lowest BCUT2D eigenvalue weighted by Crippen LogP contribution is -2.46. The van der Waals surface area contributed by atoms with Crippen molar-refractivity contribution in [1.29, 1.82) is 0 Å². The van der Waals surface area contributed by atoms with E-state index < -0.39 is 0 Å². The minimum Gasteiger partial charge on any atom is -0.369 e. The fourth-order valence-corrected chi connectivity index (χ4v) is 2.81. The Bertz CT molecular complexity index is 651. The van der Waals surface area contributed by atoms with Gasteiger partial charge in [0.1, 0.15) is 12.1 Å². The monoisotopic (exact) mass is 274 g/mol. The van der Waals surface area contributed by atoms with Crippen molar-refractivity contribution in [2.75, 3.05) is 11.4 Å². The molecule has 1 amide bonds. The van der Waals surface area contributed by atoms with Gasteiger partial charge in [-0.25, -0.2) is 9.97 Å². The highest BCUT2D eigenvalue weighted by Crippen LogP contribution is 2.30. The van der Waals surface area contributed by atoms with Gasteiger partial charge in [0.2, 0.25) is 5.91 Å². The number of piperidine rings is 1. The quantitative estimate of drug-likeness (QED) is 0.859. The van der Waals surface area contributed by atoms with Gasteiger partial charge in [-0.15, -0.1) is 0 Å². The fourth-order valence-electron chi connectivity index (χ4n) is 2.81. The maximum absolute atomic E-state index is 11.5. The Balaban J connectivity index is 2.02. The van der Waals surface area contributed by atoms with Crippen LogP contribution in [0, 0.1) is 5.92 Å². The first-order valence-electron chi connectivity index (χ1n) is 6.76. The van der Waals surface area contributed by atoms with Crippen molar-refractivity contribution >= 4 is 22.8 Å². The number of rotatable bonds is 2. The summed E-state index contributed by atoms with van der Waals surface area (Å²) in [4.78, 5) is 22.2. The summed E-state index contributed by atoms with van der Waals surface area (Å²) in [6.07, 6.45) is 5.08. The van der Waals surface area contributed by atoms with E-state index in [1.807, 2.05) is 7.05 Å². The van der Waals surface area contributed by atoms with Gasteiger partial charge in [0.25, 0.3) is 0 Å². The van der Waals surface area contributed by atoms with E-state index in [2.05, 4.69) is 26.9 Å². The molecular formula is C13H18N6O. The topological polar surface area (TPSA) is 89.9 Å². The van der Waals surface area contributed by atoms with Gasteiger partial charge in [-0.2, -0.15) is 5.10 Å². The molecule has 0 aliphatic carbocycles. The number of fused-ring (bicyclic) bond motifs is 1. The van der Waals surface area contributed by atoms with Gasteiger partial charge in [-0.3, -0.25) is 9.48 Å². The number of primary amides is 1. The molecule has 1 aliphatic heterocycles. The standard InChI is InChI=1S/C13H18N6O/c1-8-3-4-9(11(14)20)6-19(8)13-10-5-17-18(2)12(10)15-7-16-13/h5,7-9H,3-4,6H2,1-2H3,(H2,14,20)/t8-,9-/m1/s1. The number of nitrogens with zero attached hydrogens (tertiary/aromatic N) is 5. The van der Waals surface area contributed by atoms with Crippen LogP contribution in [0.2, 0.25) is 0 Å². The first-order valence-corrected chi connectivity index (χ1v) is 6.76. The fraction of sp³-hybridized carbons (Fsp3) is 0.538. The average molecular weight is 274 g/mol. The molecule has 3 rings (SSSR count). The Labute approximate surface area is 116 Å². The van der Waals surface area contributed by atoms with Crippen molar-refractivity contribution in [2.24, 2.45) is 18.7 Å². The van der Waals surface area contributed by atoms with Crippen LogP contribution >= 0.6 is 0 Å². The summed E-state index contributed by atoms with van der Waals surface area (Å²) < 4.78 is 1.72. The molecule has 0 aromatic carbocycles. The van der Waals surface area contributed by atoms with Crippen molar-refractivity contribution in [3.63, 3.8) is 0 Å². The maximum atomic E-state index is 11.5. The van der Waals surface area contributed by atoms with E-state index >= 15 is 0 Å². The number of hydrogen-bond donors (Lipinski definition) is 1. The second-order valence-corrected chi connectivity index (χ2v) is 5.38. The summed E-state index contributed by atoms with van der Waals surface area (Å²) in [5.41, 5.74) is 6.25. The number of nitrogens with two attached hydrogens (primary N) is 1. The molecule has 2 N–H and O–H groups in total. The van der Waals surface area contributed by atoms with Crippen LogP contribution in [-0.2, 0) is 11.8 Å². The van der Waals surface area contributed by atoms with E-state index in [9.17, 15) is 4.79 Å². The van der Waals surface area contributed by atoms with Crippen LogP contribution in [0.25, 0.3) is 11.0 Å². The van der Waals surface area contributed by atoms with Gasteiger partial charge in [-0.05, 0) is 19.8 Å². The molecular weight excluding hydrogens is 256 g/mol. The summed E-state index contributed by atoms with van der Waals surface area (Å²) in [5.74, 6) is 0.479. The van der Waals surface area contributed by atoms with E-state index in [0.717, 1.165) is 29.7 Å². The molecule has 0 radical (unpaired) electrons. The predicted molar refractivity (Wildman–Crippen MR) is 75.0 cm³/mol. The van der Waals surface area contributed by atoms with E-state index in [-0.39, 0.29) is 11.8 Å². The summed E-state index contributed by atoms with van der Waals surface area (Å²) in [7, 11) is 1.85. The molecule has 2 atom stereocenters. The number of hydrogen-bond acceptors (Lipinski definition) is 5. The average Bonchev–Trinajstić information content (AvgIpc) is 2.81. The highest BCUT2D eigenvalue weighted by atomic mass is 16.1. The van der Waals surface area contributed by atoms with E-state index in [4.69, 9.17) is 5.73 Å². The SMILES string of the molecule is C[C@@H]1CC[C@@H](C(N)=O)CN1c1ncnc2c1cnn2C. The van der Waals surface area contributed by atoms with Gasteiger partial charge >= 0.3 is 0 Å². The van der Waals surface area contributed by atoms with Gasteiger partial charge in [0.05, 0.1) is 17.5 Å². The zero-order valence-electron chi connectivity index (χ0n) is 11.7. The first-order chi connectivity index (χ1) is 9.58. The highest BCUT2D eigenvalue weighted by molar-refractivity contribution is 5.87. The zero-order valence-corrected chi connectivity index (χ0v) is 11.7. The Morgan fingerprint density at radius 3 is 2.95 bits per heavy atom. The number of aryl methyl sites for hydroxylation is 1. The highest BCUT2D eigenvalue weighted by Gasteiger charge is 2.30. The summed E-state index contributed by atoms with van der Waals surface area (Å²) >= 11 is 0. The largest absolute Gasteiger partial charge is 0.369 e. The molecule has 20 heavy (non-hydrogen) atoms. The van der Waals surface area contributed by atoms with Crippen LogP contribution in [0.15, 0.2) is 12.5 Å². The molecule has 3 heterocycles. The lowest BCUT2D eigenvalue weighted by atomic mass is 9.93. The first kappa shape index (κ1) is 12.8. The molecule has 0 unspecified atom stereocenters. The number of amides is 1.